The van der Waals surface area contributed by atoms with Crippen LogP contribution in [0.4, 0.5) is 9.59 Å². The highest BCUT2D eigenvalue weighted by Gasteiger charge is 2.28. The van der Waals surface area contributed by atoms with Gasteiger partial charge in [-0.05, 0) is 60.8 Å². The fourth-order valence-electron chi connectivity index (χ4n) is 2.08. The van der Waals surface area contributed by atoms with Crippen LogP contribution in [-0.2, 0) is 9.47 Å². The number of hydrazine groups is 1. The number of amides is 2. The van der Waals surface area contributed by atoms with E-state index in [1.807, 2.05) is 20.8 Å². The largest absolute Gasteiger partial charge is 0.444 e. The molecular formula is C15H29N3O4. The summed E-state index contributed by atoms with van der Waals surface area (Å²) >= 11 is 0. The minimum Gasteiger partial charge on any atom is -0.444 e. The van der Waals surface area contributed by atoms with Crippen LogP contribution in [-0.4, -0.2) is 41.1 Å². The molecule has 1 fully saturated rings. The van der Waals surface area contributed by atoms with E-state index >= 15 is 0 Å². The Balaban J connectivity index is 2.56. The van der Waals surface area contributed by atoms with Crippen LogP contribution in [0.1, 0.15) is 60.8 Å². The zero-order chi connectivity index (χ0) is 17.0. The SMILES string of the molecule is CC(C)(C)OC(=O)NC1CCCCN1NC(=O)OC(C)(C)C. The summed E-state index contributed by atoms with van der Waals surface area (Å²) in [5, 5.41) is 4.48. The van der Waals surface area contributed by atoms with Crippen molar-refractivity contribution in [3.05, 3.63) is 0 Å². The van der Waals surface area contributed by atoms with Crippen LogP contribution >= 0.6 is 0 Å². The number of piperidine rings is 1. The molecule has 0 saturated carbocycles. The quantitative estimate of drug-likeness (QED) is 0.819. The Morgan fingerprint density at radius 1 is 0.955 bits per heavy atom. The Morgan fingerprint density at radius 3 is 2.05 bits per heavy atom. The lowest BCUT2D eigenvalue weighted by Crippen LogP contribution is -2.58. The molecule has 1 rings (SSSR count). The fraction of sp³-hybridized carbons (Fsp3) is 0.867. The molecule has 1 saturated heterocycles. The first kappa shape index (κ1) is 18.5. The number of hydrogen-bond acceptors (Lipinski definition) is 5. The molecule has 0 spiro atoms. The lowest BCUT2D eigenvalue weighted by molar-refractivity contribution is 0.00280. The predicted molar refractivity (Wildman–Crippen MR) is 83.1 cm³/mol. The van der Waals surface area contributed by atoms with Gasteiger partial charge in [0, 0.05) is 6.54 Å². The molecule has 1 unspecified atom stereocenters. The van der Waals surface area contributed by atoms with Gasteiger partial charge in [0.15, 0.2) is 0 Å². The van der Waals surface area contributed by atoms with Crippen molar-refractivity contribution in [1.29, 1.82) is 0 Å². The zero-order valence-corrected chi connectivity index (χ0v) is 14.5. The molecule has 1 aliphatic rings. The van der Waals surface area contributed by atoms with Gasteiger partial charge in [-0.25, -0.2) is 9.59 Å². The van der Waals surface area contributed by atoms with Crippen LogP contribution in [0.2, 0.25) is 0 Å². The number of nitrogens with one attached hydrogen (secondary N) is 2. The van der Waals surface area contributed by atoms with Crippen molar-refractivity contribution in [1.82, 2.24) is 15.8 Å². The Hall–Kier alpha value is -1.50. The van der Waals surface area contributed by atoms with E-state index in [2.05, 4.69) is 10.7 Å². The lowest BCUT2D eigenvalue weighted by Gasteiger charge is -2.36. The number of hydrogen-bond donors (Lipinski definition) is 2. The minimum atomic E-state index is -0.562. The van der Waals surface area contributed by atoms with Crippen molar-refractivity contribution in [2.75, 3.05) is 6.54 Å². The number of carbonyl (C=O) groups is 2. The van der Waals surface area contributed by atoms with Crippen molar-refractivity contribution in [3.8, 4) is 0 Å². The minimum absolute atomic E-state index is 0.295. The molecule has 0 aromatic rings. The zero-order valence-electron chi connectivity index (χ0n) is 14.5. The first-order valence-corrected chi connectivity index (χ1v) is 7.72. The van der Waals surface area contributed by atoms with Crippen LogP contribution in [0, 0.1) is 0 Å². The molecule has 0 radical (unpaired) electrons. The van der Waals surface area contributed by atoms with Gasteiger partial charge in [-0.15, -0.1) is 0 Å². The third kappa shape index (κ3) is 7.49. The topological polar surface area (TPSA) is 79.9 Å². The smallest absolute Gasteiger partial charge is 0.422 e. The van der Waals surface area contributed by atoms with Crippen LogP contribution in [0.15, 0.2) is 0 Å². The van der Waals surface area contributed by atoms with E-state index < -0.39 is 23.4 Å². The van der Waals surface area contributed by atoms with E-state index in [9.17, 15) is 9.59 Å². The predicted octanol–water partition coefficient (Wildman–Crippen LogP) is 2.76. The van der Waals surface area contributed by atoms with E-state index in [4.69, 9.17) is 9.47 Å². The summed E-state index contributed by atoms with van der Waals surface area (Å²) in [6, 6.07) is 0. The van der Waals surface area contributed by atoms with Gasteiger partial charge in [0.05, 0.1) is 0 Å². The van der Waals surface area contributed by atoms with E-state index in [0.29, 0.717) is 6.54 Å². The molecule has 1 heterocycles. The Kier molecular flexibility index (Phi) is 6.05. The number of alkyl carbamates (subject to hydrolysis) is 1. The number of rotatable bonds is 2. The molecule has 1 aliphatic heterocycles. The second-order valence-corrected chi connectivity index (χ2v) is 7.46. The molecular weight excluding hydrogens is 286 g/mol. The molecule has 7 heteroatoms. The highest BCUT2D eigenvalue weighted by atomic mass is 16.6. The van der Waals surface area contributed by atoms with Gasteiger partial charge < -0.3 is 14.8 Å². The second kappa shape index (κ2) is 7.17. The maximum absolute atomic E-state index is 11.9. The standard InChI is InChI=1S/C15H29N3O4/c1-14(2,3)21-12(19)16-11-9-7-8-10-18(11)17-13(20)22-15(4,5)6/h11H,7-10H2,1-6H3,(H,16,19)(H,17,20). The van der Waals surface area contributed by atoms with Crippen LogP contribution in [0.25, 0.3) is 0 Å². The van der Waals surface area contributed by atoms with Crippen LogP contribution in [0.5, 0.6) is 0 Å². The van der Waals surface area contributed by atoms with Gasteiger partial charge in [0.2, 0.25) is 0 Å². The maximum atomic E-state index is 11.9. The van der Waals surface area contributed by atoms with Crippen LogP contribution in [0.3, 0.4) is 0 Å². The summed E-state index contributed by atoms with van der Waals surface area (Å²) in [7, 11) is 0. The molecule has 0 aromatic carbocycles. The van der Waals surface area contributed by atoms with Gasteiger partial charge in [-0.1, -0.05) is 0 Å². The van der Waals surface area contributed by atoms with Crippen molar-refractivity contribution in [2.24, 2.45) is 0 Å². The number of carbonyl (C=O) groups excluding carboxylic acids is 2. The van der Waals surface area contributed by atoms with E-state index in [1.165, 1.54) is 0 Å². The third-order valence-corrected chi connectivity index (χ3v) is 2.82. The lowest BCUT2D eigenvalue weighted by atomic mass is 10.1. The summed E-state index contributed by atoms with van der Waals surface area (Å²) < 4.78 is 10.5. The Morgan fingerprint density at radius 2 is 1.50 bits per heavy atom. The Bertz CT molecular complexity index is 361. The molecule has 128 valence electrons. The third-order valence-electron chi connectivity index (χ3n) is 2.82. The fourth-order valence-corrected chi connectivity index (χ4v) is 2.08. The summed E-state index contributed by atoms with van der Waals surface area (Å²) in [6.45, 7) is 11.5. The average molecular weight is 315 g/mol. The highest BCUT2D eigenvalue weighted by Crippen LogP contribution is 2.15. The Labute approximate surface area is 132 Å². The second-order valence-electron chi connectivity index (χ2n) is 7.46. The van der Waals surface area contributed by atoms with Crippen molar-refractivity contribution < 1.29 is 19.1 Å². The van der Waals surface area contributed by atoms with Crippen molar-refractivity contribution >= 4 is 12.2 Å². The molecule has 0 bridgehead atoms. The summed E-state index contributed by atoms with van der Waals surface area (Å²) in [6.07, 6.45) is 1.36. The van der Waals surface area contributed by atoms with Gasteiger partial charge in [0.25, 0.3) is 0 Å². The van der Waals surface area contributed by atoms with Crippen molar-refractivity contribution in [2.45, 2.75) is 78.2 Å². The molecule has 7 nitrogen and oxygen atoms in total. The van der Waals surface area contributed by atoms with Gasteiger partial charge in [-0.3, -0.25) is 5.43 Å². The molecule has 2 N–H and O–H groups in total. The van der Waals surface area contributed by atoms with E-state index in [1.54, 1.807) is 25.8 Å². The average Bonchev–Trinajstić information content (AvgIpc) is 2.26. The van der Waals surface area contributed by atoms with E-state index in [0.717, 1.165) is 19.3 Å². The normalized spacial score (nSPS) is 20.2. The molecule has 2 amide bonds. The number of ether oxygens (including phenoxy) is 2. The molecule has 0 aromatic heterocycles. The summed E-state index contributed by atoms with van der Waals surface area (Å²) in [4.78, 5) is 23.8. The molecule has 1 atom stereocenters. The monoisotopic (exact) mass is 315 g/mol. The van der Waals surface area contributed by atoms with Gasteiger partial charge in [0.1, 0.15) is 17.4 Å². The molecule has 0 aliphatic carbocycles. The number of nitrogens with zero attached hydrogens (tertiary/aromatic N) is 1. The van der Waals surface area contributed by atoms with Gasteiger partial charge >= 0.3 is 12.2 Å². The van der Waals surface area contributed by atoms with Crippen LogP contribution < -0.4 is 10.7 Å². The first-order valence-electron chi connectivity index (χ1n) is 7.72. The van der Waals surface area contributed by atoms with E-state index in [-0.39, 0.29) is 6.17 Å². The van der Waals surface area contributed by atoms with Gasteiger partial charge in [-0.2, -0.15) is 5.01 Å². The summed E-state index contributed by atoms with van der Waals surface area (Å²) in [5.41, 5.74) is 1.58. The molecule has 22 heavy (non-hydrogen) atoms. The first-order chi connectivity index (χ1) is 9.96. The van der Waals surface area contributed by atoms with Crippen molar-refractivity contribution in [3.63, 3.8) is 0 Å². The summed E-state index contributed by atoms with van der Waals surface area (Å²) in [5.74, 6) is 0. The highest BCUT2D eigenvalue weighted by molar-refractivity contribution is 5.69. The maximum Gasteiger partial charge on any atom is 0.422 e.